The molecular weight excluding hydrogens is 436 g/mol. The molecule has 182 valence electrons. The van der Waals surface area contributed by atoms with Crippen molar-refractivity contribution in [2.75, 3.05) is 19.6 Å². The molecule has 7 heteroatoms. The minimum absolute atomic E-state index is 0.0477. The lowest BCUT2D eigenvalue weighted by Gasteiger charge is -2.31. The molecule has 2 rings (SSSR count). The Kier molecular flexibility index (Phi) is 10.8. The Balaban J connectivity index is 2.14. The summed E-state index contributed by atoms with van der Waals surface area (Å²) < 4.78 is 2.12. The lowest BCUT2D eigenvalue weighted by molar-refractivity contribution is -0.133. The molecular formula is C26H39ClN4O2. The number of unbranched alkanes of at least 4 members (excludes halogenated alkanes) is 1. The van der Waals surface area contributed by atoms with Gasteiger partial charge in [-0.2, -0.15) is 0 Å². The van der Waals surface area contributed by atoms with E-state index in [4.69, 9.17) is 11.6 Å². The molecule has 0 atom stereocenters. The van der Waals surface area contributed by atoms with Gasteiger partial charge in [0.05, 0.1) is 6.54 Å². The average Bonchev–Trinajstić information content (AvgIpc) is 3.19. The number of rotatable bonds is 12. The molecule has 1 aromatic heterocycles. The average molecular weight is 475 g/mol. The third-order valence-electron chi connectivity index (χ3n) is 5.51. The first-order chi connectivity index (χ1) is 15.7. The number of nitrogens with zero attached hydrogens (tertiary/aromatic N) is 3. The summed E-state index contributed by atoms with van der Waals surface area (Å²) in [6.07, 6.45) is 3.95. The topological polar surface area (TPSA) is 57.6 Å². The summed E-state index contributed by atoms with van der Waals surface area (Å²) in [5, 5.41) is 3.67. The van der Waals surface area contributed by atoms with E-state index in [9.17, 15) is 9.59 Å². The first-order valence-electron chi connectivity index (χ1n) is 11.9. The van der Waals surface area contributed by atoms with Crippen LogP contribution in [-0.2, 0) is 17.9 Å². The van der Waals surface area contributed by atoms with Gasteiger partial charge >= 0.3 is 6.03 Å². The van der Waals surface area contributed by atoms with E-state index in [2.05, 4.69) is 30.7 Å². The van der Waals surface area contributed by atoms with Crippen molar-refractivity contribution in [1.29, 1.82) is 0 Å². The minimum Gasteiger partial charge on any atom is -0.345 e. The summed E-state index contributed by atoms with van der Waals surface area (Å²) in [7, 11) is 0. The molecule has 0 saturated carbocycles. The van der Waals surface area contributed by atoms with Gasteiger partial charge in [0.15, 0.2) is 0 Å². The van der Waals surface area contributed by atoms with E-state index < -0.39 is 0 Å². The quantitative estimate of drug-likeness (QED) is 0.419. The molecule has 33 heavy (non-hydrogen) atoms. The van der Waals surface area contributed by atoms with Crippen LogP contribution in [0.4, 0.5) is 4.79 Å². The number of halogens is 1. The fourth-order valence-corrected chi connectivity index (χ4v) is 3.85. The van der Waals surface area contributed by atoms with Gasteiger partial charge in [0.2, 0.25) is 5.91 Å². The van der Waals surface area contributed by atoms with Crippen LogP contribution in [0, 0.1) is 5.92 Å². The van der Waals surface area contributed by atoms with Crippen LogP contribution in [0.1, 0.15) is 58.7 Å². The highest BCUT2D eigenvalue weighted by atomic mass is 35.5. The van der Waals surface area contributed by atoms with Gasteiger partial charge in [0.25, 0.3) is 0 Å². The zero-order valence-electron chi connectivity index (χ0n) is 20.7. The summed E-state index contributed by atoms with van der Waals surface area (Å²) in [5.74, 6) is 0.264. The summed E-state index contributed by atoms with van der Waals surface area (Å²) >= 11 is 6.36. The van der Waals surface area contributed by atoms with Crippen molar-refractivity contribution in [3.63, 3.8) is 0 Å². The molecule has 2 aromatic rings. The van der Waals surface area contributed by atoms with E-state index in [1.807, 2.05) is 61.3 Å². The number of aromatic nitrogens is 1. The summed E-state index contributed by atoms with van der Waals surface area (Å²) in [4.78, 5) is 29.5. The maximum Gasteiger partial charge on any atom is 0.318 e. The van der Waals surface area contributed by atoms with Crippen molar-refractivity contribution in [3.05, 3.63) is 58.9 Å². The monoisotopic (exact) mass is 474 g/mol. The molecule has 6 nitrogen and oxygen atoms in total. The smallest absolute Gasteiger partial charge is 0.318 e. The Bertz CT molecular complexity index is 894. The Labute approximate surface area is 203 Å². The number of hydrogen-bond acceptors (Lipinski definition) is 2. The van der Waals surface area contributed by atoms with Crippen LogP contribution >= 0.6 is 11.6 Å². The largest absolute Gasteiger partial charge is 0.345 e. The van der Waals surface area contributed by atoms with E-state index in [1.165, 1.54) is 0 Å². The lowest BCUT2D eigenvalue weighted by atomic mass is 10.2. The van der Waals surface area contributed by atoms with Crippen molar-refractivity contribution in [3.8, 4) is 0 Å². The molecule has 0 fully saturated rings. The molecule has 0 saturated heterocycles. The van der Waals surface area contributed by atoms with Crippen LogP contribution in [0.15, 0.2) is 42.6 Å². The number of hydrogen-bond donors (Lipinski definition) is 1. The normalized spacial score (nSPS) is 11.2. The molecule has 0 radical (unpaired) electrons. The predicted octanol–water partition coefficient (Wildman–Crippen LogP) is 5.39. The number of carbonyl (C=O) groups is 2. The molecule has 0 aliphatic carbocycles. The number of nitrogens with one attached hydrogen (secondary N) is 1. The molecule has 0 bridgehead atoms. The SMILES string of the molecule is CCCCNC(=O)N(CC(=O)N(Cc1cccn1Cc1ccccc1Cl)CC(C)C)C(C)C. The second-order valence-corrected chi connectivity index (χ2v) is 9.60. The number of amides is 3. The van der Waals surface area contributed by atoms with Gasteiger partial charge in [-0.15, -0.1) is 0 Å². The van der Waals surface area contributed by atoms with Crippen molar-refractivity contribution in [2.24, 2.45) is 5.92 Å². The summed E-state index contributed by atoms with van der Waals surface area (Å²) in [5.41, 5.74) is 2.07. The fraction of sp³-hybridized carbons (Fsp3) is 0.538. The molecule has 1 N–H and O–H groups in total. The fourth-order valence-electron chi connectivity index (χ4n) is 3.66. The predicted molar refractivity (Wildman–Crippen MR) is 135 cm³/mol. The molecule has 1 aromatic carbocycles. The number of benzene rings is 1. The Morgan fingerprint density at radius 3 is 2.45 bits per heavy atom. The van der Waals surface area contributed by atoms with Gasteiger partial charge in [0, 0.05) is 42.6 Å². The van der Waals surface area contributed by atoms with E-state index in [0.717, 1.165) is 29.1 Å². The highest BCUT2D eigenvalue weighted by molar-refractivity contribution is 6.31. The molecule has 0 aliphatic heterocycles. The molecule has 0 aliphatic rings. The van der Waals surface area contributed by atoms with E-state index in [0.29, 0.717) is 32.1 Å². The van der Waals surface area contributed by atoms with Gasteiger partial charge in [-0.1, -0.05) is 57.0 Å². The van der Waals surface area contributed by atoms with Crippen molar-refractivity contribution >= 4 is 23.5 Å². The van der Waals surface area contributed by atoms with Gasteiger partial charge < -0.3 is 19.7 Å². The Morgan fingerprint density at radius 2 is 1.82 bits per heavy atom. The van der Waals surface area contributed by atoms with Gasteiger partial charge in [-0.3, -0.25) is 4.79 Å². The molecule has 0 spiro atoms. The standard InChI is InChI=1S/C26H39ClN4O2/c1-6-7-14-28-26(33)31(21(4)5)19-25(32)30(16-20(2)3)18-23-12-10-15-29(23)17-22-11-8-9-13-24(22)27/h8-13,15,20-21H,6-7,14,16-19H2,1-5H3,(H,28,33). The van der Waals surface area contributed by atoms with Crippen LogP contribution in [0.3, 0.4) is 0 Å². The molecule has 1 heterocycles. The molecule has 3 amide bonds. The van der Waals surface area contributed by atoms with E-state index >= 15 is 0 Å². The van der Waals surface area contributed by atoms with Gasteiger partial charge in [-0.25, -0.2) is 4.79 Å². The summed E-state index contributed by atoms with van der Waals surface area (Å²) in [6, 6.07) is 11.6. The van der Waals surface area contributed by atoms with E-state index in [-0.39, 0.29) is 24.5 Å². The van der Waals surface area contributed by atoms with Crippen molar-refractivity contribution in [1.82, 2.24) is 19.7 Å². The van der Waals surface area contributed by atoms with Crippen molar-refractivity contribution in [2.45, 2.75) is 66.6 Å². The maximum atomic E-state index is 13.4. The van der Waals surface area contributed by atoms with Crippen LogP contribution < -0.4 is 5.32 Å². The Hall–Kier alpha value is -2.47. The number of carbonyl (C=O) groups excluding carboxylic acids is 2. The van der Waals surface area contributed by atoms with Crippen LogP contribution in [0.5, 0.6) is 0 Å². The van der Waals surface area contributed by atoms with E-state index in [1.54, 1.807) is 4.90 Å². The minimum atomic E-state index is -0.182. The second-order valence-electron chi connectivity index (χ2n) is 9.19. The third-order valence-corrected chi connectivity index (χ3v) is 5.88. The maximum absolute atomic E-state index is 13.4. The molecule has 0 unspecified atom stereocenters. The van der Waals surface area contributed by atoms with Crippen molar-refractivity contribution < 1.29 is 9.59 Å². The van der Waals surface area contributed by atoms with Crippen LogP contribution in [-0.4, -0.2) is 52.0 Å². The first-order valence-corrected chi connectivity index (χ1v) is 12.3. The zero-order valence-corrected chi connectivity index (χ0v) is 21.4. The summed E-state index contributed by atoms with van der Waals surface area (Å²) in [6.45, 7) is 12.6. The third kappa shape index (κ3) is 8.43. The van der Waals surface area contributed by atoms with Gasteiger partial charge in [-0.05, 0) is 49.9 Å². The second kappa shape index (κ2) is 13.3. The number of urea groups is 1. The zero-order chi connectivity index (χ0) is 24.4. The lowest BCUT2D eigenvalue weighted by Crippen LogP contribution is -2.50. The first kappa shape index (κ1) is 26.8. The highest BCUT2D eigenvalue weighted by Crippen LogP contribution is 2.18. The van der Waals surface area contributed by atoms with Crippen LogP contribution in [0.25, 0.3) is 0 Å². The highest BCUT2D eigenvalue weighted by Gasteiger charge is 2.24. The van der Waals surface area contributed by atoms with Gasteiger partial charge in [0.1, 0.15) is 6.54 Å². The Morgan fingerprint density at radius 1 is 1.09 bits per heavy atom. The van der Waals surface area contributed by atoms with Crippen LogP contribution in [0.2, 0.25) is 5.02 Å².